The Bertz CT molecular complexity index is 1030. The molecule has 0 aliphatic rings. The highest BCUT2D eigenvalue weighted by molar-refractivity contribution is 8.23. The van der Waals surface area contributed by atoms with Crippen LogP contribution in [0.25, 0.3) is 5.31 Å². The molecule has 0 atom stereocenters. The lowest BCUT2D eigenvalue weighted by molar-refractivity contribution is -0.00000588. The highest BCUT2D eigenvalue weighted by Gasteiger charge is 2.51. The Labute approximate surface area is 218 Å². The number of benzene rings is 4. The highest BCUT2D eigenvalue weighted by atomic mass is 127. The van der Waals surface area contributed by atoms with Crippen molar-refractivity contribution in [2.24, 2.45) is 0 Å². The molecule has 0 radical (unpaired) electrons. The Morgan fingerprint density at radius 2 is 0.812 bits per heavy atom. The van der Waals surface area contributed by atoms with Gasteiger partial charge in [0, 0.05) is 5.56 Å². The van der Waals surface area contributed by atoms with E-state index >= 15 is 0 Å². The minimum absolute atomic E-state index is 0. The topological polar surface area (TPSA) is 0 Å². The van der Waals surface area contributed by atoms with E-state index in [9.17, 15) is 0 Å². The van der Waals surface area contributed by atoms with Crippen molar-refractivity contribution in [3.63, 3.8) is 0 Å². The maximum Gasteiger partial charge on any atom is 0.146 e. The van der Waals surface area contributed by atoms with Crippen molar-refractivity contribution in [1.82, 2.24) is 0 Å². The first-order valence-electron chi connectivity index (χ1n) is 10.3. The van der Waals surface area contributed by atoms with E-state index in [2.05, 4.69) is 134 Å². The fourth-order valence-electron chi connectivity index (χ4n) is 4.11. The van der Waals surface area contributed by atoms with Crippen molar-refractivity contribution in [1.29, 1.82) is 0 Å². The summed E-state index contributed by atoms with van der Waals surface area (Å²) in [7, 11) is -2.14. The molecule has 162 valence electrons. The van der Waals surface area contributed by atoms with Crippen LogP contribution >= 0.6 is 30.8 Å². The molecule has 0 bridgehead atoms. The molecule has 0 unspecified atom stereocenters. The summed E-state index contributed by atoms with van der Waals surface area (Å²) in [6, 6.07) is 44.2. The summed E-state index contributed by atoms with van der Waals surface area (Å²) >= 11 is 3.71. The summed E-state index contributed by atoms with van der Waals surface area (Å²) in [6.45, 7) is 0. The quantitative estimate of drug-likeness (QED) is 0.238. The second-order valence-corrected chi connectivity index (χ2v) is 12.3. The average Bonchev–Trinajstić information content (AvgIpc) is 2.86. The largest absolute Gasteiger partial charge is 1.00 e. The van der Waals surface area contributed by atoms with Crippen LogP contribution in [0.2, 0.25) is 0 Å². The van der Waals surface area contributed by atoms with Crippen molar-refractivity contribution in [3.8, 4) is 0 Å². The van der Waals surface area contributed by atoms with Crippen LogP contribution < -0.4 is 39.9 Å². The Morgan fingerprint density at radius 1 is 0.500 bits per heavy atom. The summed E-state index contributed by atoms with van der Waals surface area (Å²) in [6.07, 6.45) is 4.40. The van der Waals surface area contributed by atoms with Crippen molar-refractivity contribution >= 4 is 52.0 Å². The van der Waals surface area contributed by atoms with Crippen LogP contribution in [0, 0.1) is 0 Å². The Hall–Kier alpha value is -1.52. The lowest BCUT2D eigenvalue weighted by atomic mass is 10.2. The van der Waals surface area contributed by atoms with Gasteiger partial charge in [0.1, 0.15) is 28.5 Å². The first-order valence-corrected chi connectivity index (χ1v) is 14.5. The maximum atomic E-state index is 2.31. The molecule has 0 fully saturated rings. The zero-order chi connectivity index (χ0) is 21.5. The molecule has 0 nitrogen and oxygen atoms in total. The van der Waals surface area contributed by atoms with E-state index in [0.717, 1.165) is 0 Å². The monoisotopic (exact) mass is 584 g/mol. The molecule has 4 heteroatoms. The van der Waals surface area contributed by atoms with Crippen molar-refractivity contribution in [2.75, 3.05) is 12.5 Å². The molecule has 4 aromatic rings. The SMILES string of the molecule is CSC(SC)=C(c1ccccc1)[P+](c1ccccc1)(c1ccccc1)c1ccccc1.[I-]. The first-order chi connectivity index (χ1) is 15.3. The first kappa shape index (κ1) is 25.1. The van der Waals surface area contributed by atoms with Gasteiger partial charge in [-0.3, -0.25) is 0 Å². The molecule has 32 heavy (non-hydrogen) atoms. The predicted octanol–water partition coefficient (Wildman–Crippen LogP) is 4.04. The van der Waals surface area contributed by atoms with Gasteiger partial charge < -0.3 is 24.0 Å². The van der Waals surface area contributed by atoms with Gasteiger partial charge in [-0.1, -0.05) is 84.9 Å². The van der Waals surface area contributed by atoms with Crippen LogP contribution in [0.5, 0.6) is 0 Å². The molecule has 0 N–H and O–H groups in total. The molecule has 0 aliphatic carbocycles. The van der Waals surface area contributed by atoms with Gasteiger partial charge in [0.25, 0.3) is 0 Å². The van der Waals surface area contributed by atoms with E-state index in [1.165, 1.54) is 31.0 Å². The fourth-order valence-corrected chi connectivity index (χ4v) is 11.1. The number of thioether (sulfide) groups is 2. The van der Waals surface area contributed by atoms with E-state index in [-0.39, 0.29) is 24.0 Å². The second kappa shape index (κ2) is 12.1. The highest BCUT2D eigenvalue weighted by Crippen LogP contribution is 2.68. The molecule has 4 rings (SSSR count). The zero-order valence-corrected chi connectivity index (χ0v) is 22.9. The van der Waals surface area contributed by atoms with Crippen LogP contribution in [0.3, 0.4) is 0 Å². The van der Waals surface area contributed by atoms with E-state index < -0.39 is 7.26 Å². The van der Waals surface area contributed by atoms with E-state index in [4.69, 9.17) is 0 Å². The fraction of sp³-hybridized carbons (Fsp3) is 0.0714. The third kappa shape index (κ3) is 4.87. The number of hydrogen-bond donors (Lipinski definition) is 0. The molecule has 0 aliphatic heterocycles. The molecule has 0 aromatic heterocycles. The van der Waals surface area contributed by atoms with Gasteiger partial charge in [-0.15, -0.1) is 23.5 Å². The Kier molecular flexibility index (Phi) is 9.48. The normalized spacial score (nSPS) is 10.8. The standard InChI is InChI=1S/C28H26PS2.HI/c1-30-28(31-2)27(23-15-7-3-8-16-23)29(24-17-9-4-10-18-24,25-19-11-5-12-20-25)26-21-13-6-14-22-26;/h3-22H,1-2H3;1H/q+1;/p-1. The molecule has 0 spiro atoms. The molecule has 0 amide bonds. The molecule has 0 heterocycles. The predicted molar refractivity (Wildman–Crippen MR) is 146 cm³/mol. The summed E-state index contributed by atoms with van der Waals surface area (Å²) in [4.78, 5) is 0. The van der Waals surface area contributed by atoms with Crippen molar-refractivity contribution in [3.05, 3.63) is 131 Å². The second-order valence-electron chi connectivity index (χ2n) is 7.09. The molecular weight excluding hydrogens is 558 g/mol. The van der Waals surface area contributed by atoms with Gasteiger partial charge in [-0.2, -0.15) is 0 Å². The van der Waals surface area contributed by atoms with Crippen molar-refractivity contribution < 1.29 is 24.0 Å². The molecule has 0 saturated carbocycles. The lowest BCUT2D eigenvalue weighted by Gasteiger charge is -2.31. The third-order valence-electron chi connectivity index (χ3n) is 5.38. The number of halogens is 1. The van der Waals surface area contributed by atoms with Gasteiger partial charge >= 0.3 is 0 Å². The van der Waals surface area contributed by atoms with Crippen LogP contribution in [0.1, 0.15) is 5.56 Å². The minimum Gasteiger partial charge on any atom is -1.00 e. The summed E-state index contributed by atoms with van der Waals surface area (Å²) < 4.78 is 1.37. The third-order valence-corrected chi connectivity index (χ3v) is 12.2. The number of hydrogen-bond acceptors (Lipinski definition) is 2. The molecular formula is C28H26IPS2. The Balaban J connectivity index is 0.00000289. The number of rotatable bonds is 7. The summed E-state index contributed by atoms with van der Waals surface area (Å²) in [5.74, 6) is 0. The van der Waals surface area contributed by atoms with Gasteiger partial charge in [0.05, 0.1) is 4.24 Å². The maximum absolute atomic E-state index is 2.31. The summed E-state index contributed by atoms with van der Waals surface area (Å²) in [5.41, 5.74) is 1.30. The minimum atomic E-state index is -2.14. The van der Waals surface area contributed by atoms with E-state index in [1.54, 1.807) is 0 Å². The van der Waals surface area contributed by atoms with Gasteiger partial charge in [0.2, 0.25) is 0 Å². The molecule has 0 saturated heterocycles. The molecule has 4 aromatic carbocycles. The zero-order valence-electron chi connectivity index (χ0n) is 18.2. The van der Waals surface area contributed by atoms with Crippen molar-refractivity contribution in [2.45, 2.75) is 0 Å². The Morgan fingerprint density at radius 3 is 1.12 bits per heavy atom. The van der Waals surface area contributed by atoms with E-state index in [1.807, 2.05) is 23.5 Å². The van der Waals surface area contributed by atoms with E-state index in [0.29, 0.717) is 0 Å². The summed E-state index contributed by atoms with van der Waals surface area (Å²) in [5, 5.41) is 5.59. The van der Waals surface area contributed by atoms with Crippen LogP contribution in [0.15, 0.2) is 126 Å². The van der Waals surface area contributed by atoms with Crippen LogP contribution in [0.4, 0.5) is 0 Å². The van der Waals surface area contributed by atoms with Gasteiger partial charge in [-0.25, -0.2) is 0 Å². The smallest absolute Gasteiger partial charge is 0.146 e. The van der Waals surface area contributed by atoms with Crippen LogP contribution in [-0.4, -0.2) is 12.5 Å². The van der Waals surface area contributed by atoms with Gasteiger partial charge in [0.15, 0.2) is 0 Å². The van der Waals surface area contributed by atoms with Crippen LogP contribution in [-0.2, 0) is 0 Å². The average molecular weight is 585 g/mol. The lowest BCUT2D eigenvalue weighted by Crippen LogP contribution is -3.00. The van der Waals surface area contributed by atoms with Gasteiger partial charge in [-0.05, 0) is 48.9 Å².